The molecule has 1 aromatic heterocycles. The Labute approximate surface area is 105 Å². The number of rotatable bonds is 4. The number of anilines is 1. The van der Waals surface area contributed by atoms with Gasteiger partial charge in [-0.3, -0.25) is 0 Å². The van der Waals surface area contributed by atoms with Gasteiger partial charge in [-0.25, -0.2) is 14.8 Å². The van der Waals surface area contributed by atoms with Crippen LogP contribution in [0.15, 0.2) is 6.20 Å². The average Bonchev–Trinajstić information content (AvgIpc) is 2.81. The number of aryl methyl sites for hydroxylation is 1. The molecule has 0 radical (unpaired) electrons. The summed E-state index contributed by atoms with van der Waals surface area (Å²) in [5, 5.41) is 12.1. The maximum atomic E-state index is 10.8. The average molecular weight is 251 g/mol. The lowest BCUT2D eigenvalue weighted by atomic mass is 10.0. The molecule has 0 aromatic carbocycles. The summed E-state index contributed by atoms with van der Waals surface area (Å²) in [5.74, 6) is -0.0822. The lowest BCUT2D eigenvalue weighted by Crippen LogP contribution is -2.27. The number of hydrogen-bond donors (Lipinski definition) is 2. The Morgan fingerprint density at radius 2 is 2.44 bits per heavy atom. The number of hydrogen-bond acceptors (Lipinski definition) is 5. The predicted octanol–water partition coefficient (Wildman–Crippen LogP) is 1.32. The number of aromatic carboxylic acids is 1. The summed E-state index contributed by atoms with van der Waals surface area (Å²) in [6.45, 7) is 5.28. The van der Waals surface area contributed by atoms with Gasteiger partial charge in [0.15, 0.2) is 0 Å². The molecular formula is C12H17N3O3. The lowest BCUT2D eigenvalue weighted by molar-refractivity contribution is 0.0695. The van der Waals surface area contributed by atoms with Gasteiger partial charge in [0.05, 0.1) is 17.9 Å². The fourth-order valence-electron chi connectivity index (χ4n) is 2.02. The first-order valence-electron chi connectivity index (χ1n) is 5.99. The highest BCUT2D eigenvalue weighted by atomic mass is 16.5. The van der Waals surface area contributed by atoms with Crippen molar-refractivity contribution in [1.82, 2.24) is 9.97 Å². The Kier molecular flexibility index (Phi) is 3.76. The zero-order chi connectivity index (χ0) is 13.1. The molecule has 0 aliphatic carbocycles. The smallest absolute Gasteiger partial charge is 0.339 e. The van der Waals surface area contributed by atoms with Crippen molar-refractivity contribution in [2.45, 2.75) is 26.3 Å². The van der Waals surface area contributed by atoms with Crippen LogP contribution in [0.1, 0.15) is 29.4 Å². The monoisotopic (exact) mass is 251 g/mol. The molecule has 1 aliphatic heterocycles. The molecule has 2 atom stereocenters. The molecule has 2 unspecified atom stereocenters. The molecule has 0 bridgehead atoms. The van der Waals surface area contributed by atoms with E-state index in [4.69, 9.17) is 9.84 Å². The van der Waals surface area contributed by atoms with Crippen LogP contribution in [0.3, 0.4) is 0 Å². The minimum absolute atomic E-state index is 0.136. The summed E-state index contributed by atoms with van der Waals surface area (Å²) in [6, 6.07) is 0.211. The zero-order valence-electron chi connectivity index (χ0n) is 10.5. The molecule has 18 heavy (non-hydrogen) atoms. The highest BCUT2D eigenvalue weighted by Gasteiger charge is 2.23. The maximum absolute atomic E-state index is 10.8. The van der Waals surface area contributed by atoms with Gasteiger partial charge in [0.1, 0.15) is 0 Å². The minimum Gasteiger partial charge on any atom is -0.478 e. The third-order valence-corrected chi connectivity index (χ3v) is 3.24. The predicted molar refractivity (Wildman–Crippen MR) is 65.7 cm³/mol. The van der Waals surface area contributed by atoms with E-state index in [0.29, 0.717) is 17.6 Å². The molecule has 1 saturated heterocycles. The number of nitrogens with one attached hydrogen (secondary N) is 1. The van der Waals surface area contributed by atoms with Gasteiger partial charge in [-0.15, -0.1) is 0 Å². The molecule has 1 fully saturated rings. The molecule has 2 rings (SSSR count). The van der Waals surface area contributed by atoms with E-state index in [9.17, 15) is 4.79 Å². The molecule has 2 heterocycles. The van der Waals surface area contributed by atoms with Gasteiger partial charge in [-0.05, 0) is 20.3 Å². The second-order valence-electron chi connectivity index (χ2n) is 4.55. The first-order valence-corrected chi connectivity index (χ1v) is 5.99. The Bertz CT molecular complexity index is 444. The van der Waals surface area contributed by atoms with E-state index in [2.05, 4.69) is 22.2 Å². The van der Waals surface area contributed by atoms with Crippen LogP contribution in [-0.2, 0) is 4.74 Å². The van der Waals surface area contributed by atoms with Crippen LogP contribution in [0, 0.1) is 12.8 Å². The van der Waals surface area contributed by atoms with Gasteiger partial charge >= 0.3 is 5.97 Å². The SMILES string of the molecule is Cc1nc(NC(C)C2CCOC2)ncc1C(=O)O. The van der Waals surface area contributed by atoms with E-state index in [1.165, 1.54) is 6.20 Å². The Morgan fingerprint density at radius 1 is 1.67 bits per heavy atom. The second kappa shape index (κ2) is 5.30. The largest absolute Gasteiger partial charge is 0.478 e. The molecular weight excluding hydrogens is 234 g/mol. The summed E-state index contributed by atoms with van der Waals surface area (Å²) in [5.41, 5.74) is 0.604. The van der Waals surface area contributed by atoms with Crippen LogP contribution < -0.4 is 5.32 Å². The number of carboxylic acid groups (broad SMARTS) is 1. The normalized spacial score (nSPS) is 20.7. The standard InChI is InChI=1S/C12H17N3O3/c1-7(9-3-4-18-6-9)14-12-13-5-10(11(16)17)8(2)15-12/h5,7,9H,3-4,6H2,1-2H3,(H,16,17)(H,13,14,15). The number of carbonyl (C=O) groups is 1. The Morgan fingerprint density at radius 3 is 3.00 bits per heavy atom. The summed E-state index contributed by atoms with van der Waals surface area (Å²) in [4.78, 5) is 19.0. The Balaban J connectivity index is 2.05. The van der Waals surface area contributed by atoms with Crippen LogP contribution in [0.4, 0.5) is 5.95 Å². The first-order chi connectivity index (χ1) is 8.58. The van der Waals surface area contributed by atoms with Gasteiger partial charge < -0.3 is 15.2 Å². The van der Waals surface area contributed by atoms with Crippen molar-refractivity contribution in [1.29, 1.82) is 0 Å². The fourth-order valence-corrected chi connectivity index (χ4v) is 2.02. The quantitative estimate of drug-likeness (QED) is 0.839. The van der Waals surface area contributed by atoms with E-state index in [1.54, 1.807) is 6.92 Å². The zero-order valence-corrected chi connectivity index (χ0v) is 10.5. The molecule has 1 aliphatic rings. The lowest BCUT2D eigenvalue weighted by Gasteiger charge is -2.19. The number of aromatic nitrogens is 2. The number of nitrogens with zero attached hydrogens (tertiary/aromatic N) is 2. The molecule has 98 valence electrons. The summed E-state index contributed by atoms with van der Waals surface area (Å²) in [7, 11) is 0. The molecule has 0 spiro atoms. The van der Waals surface area contributed by atoms with Crippen LogP contribution in [-0.4, -0.2) is 40.3 Å². The summed E-state index contributed by atoms with van der Waals surface area (Å²) < 4.78 is 5.33. The summed E-state index contributed by atoms with van der Waals surface area (Å²) >= 11 is 0. The van der Waals surface area contributed by atoms with Crippen molar-refractivity contribution < 1.29 is 14.6 Å². The van der Waals surface area contributed by atoms with Crippen molar-refractivity contribution in [2.24, 2.45) is 5.92 Å². The highest BCUT2D eigenvalue weighted by molar-refractivity contribution is 5.88. The van der Waals surface area contributed by atoms with E-state index in [1.807, 2.05) is 0 Å². The van der Waals surface area contributed by atoms with Gasteiger partial charge in [-0.2, -0.15) is 0 Å². The van der Waals surface area contributed by atoms with E-state index in [-0.39, 0.29) is 11.6 Å². The van der Waals surface area contributed by atoms with E-state index in [0.717, 1.165) is 19.6 Å². The van der Waals surface area contributed by atoms with Gasteiger partial charge in [0.25, 0.3) is 0 Å². The summed E-state index contributed by atoms with van der Waals surface area (Å²) in [6.07, 6.45) is 2.37. The van der Waals surface area contributed by atoms with E-state index < -0.39 is 5.97 Å². The maximum Gasteiger partial charge on any atom is 0.339 e. The molecule has 0 saturated carbocycles. The van der Waals surface area contributed by atoms with Gasteiger partial charge in [0.2, 0.25) is 5.95 Å². The van der Waals surface area contributed by atoms with Crippen LogP contribution in [0.5, 0.6) is 0 Å². The van der Waals surface area contributed by atoms with Crippen molar-refractivity contribution in [3.63, 3.8) is 0 Å². The molecule has 0 amide bonds. The molecule has 2 N–H and O–H groups in total. The third kappa shape index (κ3) is 2.76. The van der Waals surface area contributed by atoms with Crippen molar-refractivity contribution >= 4 is 11.9 Å². The minimum atomic E-state index is -1.00. The van der Waals surface area contributed by atoms with Crippen LogP contribution in [0.25, 0.3) is 0 Å². The second-order valence-corrected chi connectivity index (χ2v) is 4.55. The third-order valence-electron chi connectivity index (χ3n) is 3.24. The molecule has 6 nitrogen and oxygen atoms in total. The number of carboxylic acids is 1. The van der Waals surface area contributed by atoms with Gasteiger partial charge in [0, 0.05) is 24.8 Å². The van der Waals surface area contributed by atoms with E-state index >= 15 is 0 Å². The molecule has 1 aromatic rings. The van der Waals surface area contributed by atoms with Crippen molar-refractivity contribution in [2.75, 3.05) is 18.5 Å². The fraction of sp³-hybridized carbons (Fsp3) is 0.583. The molecule has 6 heteroatoms. The topological polar surface area (TPSA) is 84.3 Å². The van der Waals surface area contributed by atoms with Crippen molar-refractivity contribution in [3.8, 4) is 0 Å². The van der Waals surface area contributed by atoms with Crippen LogP contribution >= 0.6 is 0 Å². The number of ether oxygens (including phenoxy) is 1. The Hall–Kier alpha value is -1.69. The van der Waals surface area contributed by atoms with Crippen LogP contribution in [0.2, 0.25) is 0 Å². The highest BCUT2D eigenvalue weighted by Crippen LogP contribution is 2.19. The van der Waals surface area contributed by atoms with Crippen molar-refractivity contribution in [3.05, 3.63) is 17.5 Å². The first kappa shape index (κ1) is 12.8. The van der Waals surface area contributed by atoms with Gasteiger partial charge in [-0.1, -0.05) is 0 Å².